The van der Waals surface area contributed by atoms with Crippen molar-refractivity contribution in [3.05, 3.63) is 74.1 Å². The first-order valence-corrected chi connectivity index (χ1v) is 11.2. The van der Waals surface area contributed by atoms with Crippen LogP contribution >= 0.6 is 63.6 Å². The molecule has 3 nitrogen and oxygen atoms in total. The minimum absolute atomic E-state index is 0. The van der Waals surface area contributed by atoms with E-state index in [1.807, 2.05) is 17.5 Å². The molecule has 152 valence electrons. The molecular formula is C19H12Br2CuFN3PS2. The fourth-order valence-corrected chi connectivity index (χ4v) is 5.30. The largest absolute Gasteiger partial charge is 1.00 e. The van der Waals surface area contributed by atoms with E-state index >= 15 is 0 Å². The molecule has 0 unspecified atom stereocenters. The number of fused-ring (bicyclic) bond motifs is 2. The van der Waals surface area contributed by atoms with Crippen LogP contribution in [0.2, 0.25) is 0 Å². The first kappa shape index (κ1) is 27.8. The normalized spacial score (nSPS) is 8.72. The Morgan fingerprint density at radius 3 is 2.10 bits per heavy atom. The maximum atomic E-state index is 12.8. The van der Waals surface area contributed by atoms with E-state index in [-0.39, 0.29) is 22.9 Å². The molecular weight excluding hydrogens is 608 g/mol. The summed E-state index contributed by atoms with van der Waals surface area (Å²) in [7, 11) is 4.47. The third-order valence-corrected chi connectivity index (χ3v) is 6.38. The van der Waals surface area contributed by atoms with Crippen LogP contribution in [0.25, 0.3) is 20.2 Å². The van der Waals surface area contributed by atoms with E-state index in [0.29, 0.717) is 5.56 Å². The van der Waals surface area contributed by atoms with Gasteiger partial charge in [-0.25, -0.2) is 4.39 Å². The van der Waals surface area contributed by atoms with Crippen molar-refractivity contribution in [2.24, 2.45) is 4.74 Å². The van der Waals surface area contributed by atoms with Crippen molar-refractivity contribution >= 4 is 83.7 Å². The summed E-state index contributed by atoms with van der Waals surface area (Å²) in [6.45, 7) is 4.75. The molecule has 0 radical (unpaired) electrons. The standard InChI is InChI=1S/C9H4FNS.C8H4Br2S.CH4NP.CN.Cu/c10-8-3-6-1-2-12-9(6)7(4-8)5-11;9-6-3-5-1-2-11-8(5)7(10)4-6;1-2-3;1-2;/h1-4H;1-4H;3H,1H3;;/q;;;-1;+1. The van der Waals surface area contributed by atoms with Crippen LogP contribution in [0.3, 0.4) is 0 Å². The van der Waals surface area contributed by atoms with Crippen LogP contribution in [0.1, 0.15) is 5.56 Å². The fourth-order valence-electron chi connectivity index (χ4n) is 2.13. The molecule has 0 saturated heterocycles. The number of rotatable bonds is 0. The van der Waals surface area contributed by atoms with Gasteiger partial charge in [0.1, 0.15) is 11.9 Å². The Morgan fingerprint density at radius 1 is 1.03 bits per heavy atom. The average molecular weight is 620 g/mol. The van der Waals surface area contributed by atoms with Gasteiger partial charge in [0.15, 0.2) is 0 Å². The molecule has 0 fully saturated rings. The predicted molar refractivity (Wildman–Crippen MR) is 125 cm³/mol. The summed E-state index contributed by atoms with van der Waals surface area (Å²) in [5.41, 5.74) is 0.417. The van der Waals surface area contributed by atoms with E-state index in [9.17, 15) is 4.39 Å². The van der Waals surface area contributed by atoms with Gasteiger partial charge in [0.25, 0.3) is 0 Å². The number of halogens is 3. The van der Waals surface area contributed by atoms with Crippen molar-refractivity contribution in [3.63, 3.8) is 0 Å². The molecule has 0 aliphatic rings. The molecule has 0 aliphatic carbocycles. The van der Waals surface area contributed by atoms with Gasteiger partial charge in [-0.05, 0) is 82.9 Å². The molecule has 0 atom stereocenters. The van der Waals surface area contributed by atoms with Gasteiger partial charge in [-0.3, -0.25) is 4.74 Å². The van der Waals surface area contributed by atoms with Gasteiger partial charge in [-0.2, -0.15) is 5.26 Å². The first-order chi connectivity index (χ1) is 13.5. The van der Waals surface area contributed by atoms with Crippen LogP contribution in [-0.2, 0) is 17.1 Å². The quantitative estimate of drug-likeness (QED) is 0.113. The van der Waals surface area contributed by atoms with Crippen molar-refractivity contribution in [2.45, 2.75) is 0 Å². The van der Waals surface area contributed by atoms with Crippen LogP contribution in [0.5, 0.6) is 0 Å². The fraction of sp³-hybridized carbons (Fsp3) is 0.0526. The van der Waals surface area contributed by atoms with Gasteiger partial charge in [-0.15, -0.1) is 22.7 Å². The van der Waals surface area contributed by atoms with Gasteiger partial charge in [0, 0.05) is 20.7 Å². The smallest absolute Gasteiger partial charge is 0.512 e. The number of hydrogen-bond acceptors (Lipinski definition) is 5. The number of hydrogen-bond donors (Lipinski definition) is 0. The molecule has 0 saturated carbocycles. The van der Waals surface area contributed by atoms with Gasteiger partial charge in [0.05, 0.1) is 10.3 Å². The third kappa shape index (κ3) is 8.24. The molecule has 0 spiro atoms. The van der Waals surface area contributed by atoms with Gasteiger partial charge < -0.3 is 11.8 Å². The second-order valence-corrected chi connectivity index (χ2v) is 8.90. The summed E-state index contributed by atoms with van der Waals surface area (Å²) in [4.78, 5) is 0. The van der Waals surface area contributed by atoms with Crippen LogP contribution in [-0.4, -0.2) is 7.05 Å². The molecule has 2 aromatic heterocycles. The Kier molecular flexibility index (Phi) is 14.2. The monoisotopic (exact) mass is 617 g/mol. The summed E-state index contributed by atoms with van der Waals surface area (Å²) >= 11 is 10.2. The van der Waals surface area contributed by atoms with Crippen LogP contribution < -0.4 is 0 Å². The second-order valence-electron chi connectivity index (χ2n) is 4.85. The van der Waals surface area contributed by atoms with Crippen molar-refractivity contribution in [3.8, 4) is 6.07 Å². The van der Waals surface area contributed by atoms with E-state index in [0.717, 1.165) is 19.0 Å². The third-order valence-electron chi connectivity index (χ3n) is 3.11. The van der Waals surface area contributed by atoms with Gasteiger partial charge in [0.2, 0.25) is 0 Å². The van der Waals surface area contributed by atoms with Crippen molar-refractivity contribution < 1.29 is 21.5 Å². The molecule has 2 aromatic carbocycles. The number of thiophene rings is 2. The Labute approximate surface area is 206 Å². The molecule has 29 heavy (non-hydrogen) atoms. The van der Waals surface area contributed by atoms with Crippen LogP contribution in [0, 0.1) is 29.0 Å². The van der Waals surface area contributed by atoms with E-state index in [4.69, 9.17) is 17.1 Å². The molecule has 0 aliphatic heterocycles. The van der Waals surface area contributed by atoms with E-state index in [2.05, 4.69) is 69.2 Å². The Morgan fingerprint density at radius 2 is 1.55 bits per heavy atom. The Balaban J connectivity index is 0.000000433. The molecule has 10 heteroatoms. The zero-order chi connectivity index (χ0) is 21.1. The predicted octanol–water partition coefficient (Wildman–Crippen LogP) is 8.37. The van der Waals surface area contributed by atoms with Crippen molar-refractivity contribution in [1.29, 1.82) is 10.5 Å². The average Bonchev–Trinajstić information content (AvgIpc) is 3.33. The maximum Gasteiger partial charge on any atom is 1.00 e. The minimum atomic E-state index is -0.350. The molecule has 4 rings (SSSR count). The summed E-state index contributed by atoms with van der Waals surface area (Å²) in [5.74, 6) is -0.350. The van der Waals surface area contributed by atoms with Crippen LogP contribution in [0.4, 0.5) is 4.39 Å². The van der Waals surface area contributed by atoms with Gasteiger partial charge >= 0.3 is 17.1 Å². The SMILES string of the molecule is Brc1cc(Br)c2sccc2c1.CN=P.N#Cc1cc(F)cc2ccsc12.[C-]#N.[Cu+]. The number of benzene rings is 2. The summed E-state index contributed by atoms with van der Waals surface area (Å²) < 4.78 is 20.6. The summed E-state index contributed by atoms with van der Waals surface area (Å²) in [5, 5.41) is 21.0. The zero-order valence-electron chi connectivity index (χ0n) is 14.7. The van der Waals surface area contributed by atoms with Gasteiger partial charge in [-0.1, -0.05) is 15.9 Å². The molecule has 0 amide bonds. The van der Waals surface area contributed by atoms with Crippen molar-refractivity contribution in [2.75, 3.05) is 7.05 Å². The first-order valence-electron chi connectivity index (χ1n) is 7.37. The summed E-state index contributed by atoms with van der Waals surface area (Å²) in [6.07, 6.45) is 0. The number of nitrogens with zero attached hydrogens (tertiary/aromatic N) is 3. The van der Waals surface area contributed by atoms with E-state index in [1.165, 1.54) is 33.6 Å². The molecule has 2 heterocycles. The Hall–Kier alpha value is -1.15. The number of nitriles is 1. The molecule has 0 N–H and O–H groups in total. The minimum Gasteiger partial charge on any atom is -0.512 e. The maximum absolute atomic E-state index is 12.8. The van der Waals surface area contributed by atoms with Crippen LogP contribution in [0.15, 0.2) is 60.8 Å². The van der Waals surface area contributed by atoms with E-state index < -0.39 is 0 Å². The van der Waals surface area contributed by atoms with E-state index in [1.54, 1.807) is 18.4 Å². The zero-order valence-corrected chi connectivity index (χ0v) is 21.5. The molecule has 0 bridgehead atoms. The second kappa shape index (κ2) is 14.8. The molecule has 4 aromatic rings. The Bertz CT molecular complexity index is 1140. The topological polar surface area (TPSA) is 59.9 Å². The van der Waals surface area contributed by atoms with Crippen molar-refractivity contribution in [1.82, 2.24) is 0 Å². The summed E-state index contributed by atoms with van der Waals surface area (Å²) in [6, 6.07) is 12.8.